The zero-order valence-corrected chi connectivity index (χ0v) is 16.1. The largest absolute Gasteiger partial charge is 0.455 e. The van der Waals surface area contributed by atoms with Crippen LogP contribution in [0.2, 0.25) is 0 Å². The van der Waals surface area contributed by atoms with Crippen LogP contribution < -0.4 is 5.32 Å². The molecule has 1 atom stereocenters. The average Bonchev–Trinajstić information content (AvgIpc) is 3.26. The molecule has 0 aromatic carbocycles. The first-order chi connectivity index (χ1) is 12.4. The maximum atomic E-state index is 12.4. The van der Waals surface area contributed by atoms with Crippen LogP contribution in [0.15, 0.2) is 34.1 Å². The molecular formula is C17H22N2O5S2. The highest BCUT2D eigenvalue weighted by Gasteiger charge is 2.24. The minimum absolute atomic E-state index is 0.0771. The summed E-state index contributed by atoms with van der Waals surface area (Å²) in [5.74, 6) is -0.179. The fourth-order valence-electron chi connectivity index (χ4n) is 2.89. The van der Waals surface area contributed by atoms with Crippen molar-refractivity contribution in [3.8, 4) is 0 Å². The number of hydrogen-bond donors (Lipinski definition) is 1. The predicted octanol–water partition coefficient (Wildman–Crippen LogP) is 1.69. The van der Waals surface area contributed by atoms with Gasteiger partial charge >= 0.3 is 0 Å². The molecule has 1 N–H and O–H groups in total. The van der Waals surface area contributed by atoms with Crippen LogP contribution in [0.25, 0.3) is 0 Å². The van der Waals surface area contributed by atoms with Gasteiger partial charge in [-0.05, 0) is 23.6 Å². The van der Waals surface area contributed by atoms with E-state index in [0.29, 0.717) is 19.8 Å². The second-order valence-corrected chi connectivity index (χ2v) is 9.35. The summed E-state index contributed by atoms with van der Waals surface area (Å²) >= 11 is 1.66. The SMILES string of the molecule is CS(=O)(=O)Cc1ccc(C(=O)NCC(c2cccs2)N2CCOCC2)o1. The van der Waals surface area contributed by atoms with Crippen molar-refractivity contribution < 1.29 is 22.4 Å². The van der Waals surface area contributed by atoms with Crippen LogP contribution in [0.5, 0.6) is 0 Å². The van der Waals surface area contributed by atoms with Crippen molar-refractivity contribution >= 4 is 27.1 Å². The van der Waals surface area contributed by atoms with E-state index in [4.69, 9.17) is 9.15 Å². The van der Waals surface area contributed by atoms with Crippen molar-refractivity contribution in [2.45, 2.75) is 11.8 Å². The molecule has 9 heteroatoms. The van der Waals surface area contributed by atoms with Crippen LogP contribution in [-0.4, -0.2) is 58.3 Å². The number of carbonyl (C=O) groups is 1. The lowest BCUT2D eigenvalue weighted by atomic mass is 10.2. The first-order valence-electron chi connectivity index (χ1n) is 8.32. The van der Waals surface area contributed by atoms with Crippen molar-refractivity contribution in [1.82, 2.24) is 10.2 Å². The Morgan fingerprint density at radius 1 is 1.31 bits per heavy atom. The van der Waals surface area contributed by atoms with Gasteiger partial charge in [-0.25, -0.2) is 8.42 Å². The average molecular weight is 399 g/mol. The Balaban J connectivity index is 1.64. The molecular weight excluding hydrogens is 376 g/mol. The van der Waals surface area contributed by atoms with Crippen molar-refractivity contribution in [2.75, 3.05) is 39.1 Å². The number of carbonyl (C=O) groups excluding carboxylic acids is 1. The Morgan fingerprint density at radius 3 is 2.73 bits per heavy atom. The molecule has 1 aliphatic heterocycles. The second kappa shape index (κ2) is 8.34. The van der Waals surface area contributed by atoms with E-state index in [9.17, 15) is 13.2 Å². The molecule has 1 saturated heterocycles. The number of amides is 1. The van der Waals surface area contributed by atoms with Crippen molar-refractivity contribution in [3.05, 3.63) is 46.0 Å². The summed E-state index contributed by atoms with van der Waals surface area (Å²) in [7, 11) is -3.20. The van der Waals surface area contributed by atoms with E-state index >= 15 is 0 Å². The molecule has 0 bridgehead atoms. The maximum absolute atomic E-state index is 12.4. The lowest BCUT2D eigenvalue weighted by molar-refractivity contribution is 0.0168. The van der Waals surface area contributed by atoms with Gasteiger partial charge in [0.15, 0.2) is 15.6 Å². The Labute approximate surface area is 156 Å². The zero-order valence-electron chi connectivity index (χ0n) is 14.5. The van der Waals surface area contributed by atoms with Gasteiger partial charge < -0.3 is 14.5 Å². The van der Waals surface area contributed by atoms with Gasteiger partial charge in [0, 0.05) is 30.8 Å². The molecule has 1 fully saturated rings. The monoisotopic (exact) mass is 398 g/mol. The topological polar surface area (TPSA) is 88.9 Å². The summed E-state index contributed by atoms with van der Waals surface area (Å²) in [6.45, 7) is 3.45. The summed E-state index contributed by atoms with van der Waals surface area (Å²) in [5, 5.41) is 4.93. The first kappa shape index (κ1) is 19.1. The van der Waals surface area contributed by atoms with E-state index in [-0.39, 0.29) is 29.2 Å². The third-order valence-electron chi connectivity index (χ3n) is 4.10. The second-order valence-electron chi connectivity index (χ2n) is 6.23. The van der Waals surface area contributed by atoms with Gasteiger partial charge in [0.25, 0.3) is 5.91 Å². The van der Waals surface area contributed by atoms with Crippen LogP contribution >= 0.6 is 11.3 Å². The number of nitrogens with zero attached hydrogens (tertiary/aromatic N) is 1. The molecule has 26 heavy (non-hydrogen) atoms. The van der Waals surface area contributed by atoms with Gasteiger partial charge in [0.05, 0.1) is 19.3 Å². The third-order valence-corrected chi connectivity index (χ3v) is 5.89. The lowest BCUT2D eigenvalue weighted by Gasteiger charge is -2.34. The molecule has 1 amide bonds. The van der Waals surface area contributed by atoms with Crippen molar-refractivity contribution in [3.63, 3.8) is 0 Å². The minimum atomic E-state index is -3.20. The molecule has 7 nitrogen and oxygen atoms in total. The molecule has 2 aromatic rings. The highest BCUT2D eigenvalue weighted by Crippen LogP contribution is 2.25. The Kier molecular flexibility index (Phi) is 6.13. The number of ether oxygens (including phenoxy) is 1. The number of rotatable bonds is 7. The molecule has 142 valence electrons. The van der Waals surface area contributed by atoms with Gasteiger partial charge in [-0.3, -0.25) is 9.69 Å². The Bertz CT molecular complexity index is 823. The van der Waals surface area contributed by atoms with E-state index in [1.807, 2.05) is 11.4 Å². The van der Waals surface area contributed by atoms with E-state index in [0.717, 1.165) is 19.3 Å². The van der Waals surface area contributed by atoms with Crippen LogP contribution in [0, 0.1) is 0 Å². The number of thiophene rings is 1. The number of sulfone groups is 1. The number of furan rings is 1. The molecule has 3 rings (SSSR count). The summed E-state index contributed by atoms with van der Waals surface area (Å²) in [6.07, 6.45) is 1.13. The number of hydrogen-bond acceptors (Lipinski definition) is 7. The van der Waals surface area contributed by atoms with Gasteiger partial charge in [0.1, 0.15) is 11.5 Å². The van der Waals surface area contributed by atoms with Crippen LogP contribution in [0.3, 0.4) is 0 Å². The van der Waals surface area contributed by atoms with Crippen LogP contribution in [-0.2, 0) is 20.3 Å². The predicted molar refractivity (Wildman–Crippen MR) is 99.0 cm³/mol. The lowest BCUT2D eigenvalue weighted by Crippen LogP contribution is -2.43. The minimum Gasteiger partial charge on any atom is -0.455 e. The molecule has 0 saturated carbocycles. The van der Waals surface area contributed by atoms with E-state index in [1.54, 1.807) is 11.3 Å². The number of nitrogens with one attached hydrogen (secondary N) is 1. The molecule has 3 heterocycles. The standard InChI is InChI=1S/C17H22N2O5S2/c1-26(21,22)12-13-4-5-15(24-13)17(20)18-11-14(16-3-2-10-25-16)19-6-8-23-9-7-19/h2-5,10,14H,6-9,11-12H2,1H3,(H,18,20). The van der Waals surface area contributed by atoms with Gasteiger partial charge in [0.2, 0.25) is 0 Å². The summed E-state index contributed by atoms with van der Waals surface area (Å²) in [6, 6.07) is 7.17. The third kappa shape index (κ3) is 5.16. The molecule has 1 aliphatic rings. The summed E-state index contributed by atoms with van der Waals surface area (Å²) in [4.78, 5) is 15.9. The zero-order chi connectivity index (χ0) is 18.6. The fraction of sp³-hybridized carbons (Fsp3) is 0.471. The fourth-order valence-corrected chi connectivity index (χ4v) is 4.42. The number of morpholine rings is 1. The quantitative estimate of drug-likeness (QED) is 0.764. The first-order valence-corrected chi connectivity index (χ1v) is 11.3. The van der Waals surface area contributed by atoms with Crippen molar-refractivity contribution in [1.29, 1.82) is 0 Å². The Hall–Kier alpha value is -1.68. The van der Waals surface area contributed by atoms with Crippen molar-refractivity contribution in [2.24, 2.45) is 0 Å². The van der Waals surface area contributed by atoms with E-state index in [2.05, 4.69) is 16.3 Å². The summed E-state index contributed by atoms with van der Waals surface area (Å²) in [5.41, 5.74) is 0. The highest BCUT2D eigenvalue weighted by molar-refractivity contribution is 7.89. The molecule has 0 spiro atoms. The van der Waals surface area contributed by atoms with E-state index < -0.39 is 9.84 Å². The maximum Gasteiger partial charge on any atom is 0.287 e. The van der Waals surface area contributed by atoms with Gasteiger partial charge in [-0.1, -0.05) is 6.07 Å². The normalized spacial score (nSPS) is 17.1. The molecule has 0 aliphatic carbocycles. The molecule has 2 aromatic heterocycles. The summed E-state index contributed by atoms with van der Waals surface area (Å²) < 4.78 is 33.4. The highest BCUT2D eigenvalue weighted by atomic mass is 32.2. The van der Waals surface area contributed by atoms with Crippen LogP contribution in [0.1, 0.15) is 27.2 Å². The van der Waals surface area contributed by atoms with E-state index in [1.165, 1.54) is 17.0 Å². The smallest absolute Gasteiger partial charge is 0.287 e. The van der Waals surface area contributed by atoms with Crippen LogP contribution in [0.4, 0.5) is 0 Å². The van der Waals surface area contributed by atoms with Gasteiger partial charge in [-0.2, -0.15) is 0 Å². The molecule has 0 radical (unpaired) electrons. The van der Waals surface area contributed by atoms with Gasteiger partial charge in [-0.15, -0.1) is 11.3 Å². The Morgan fingerprint density at radius 2 is 2.08 bits per heavy atom. The molecule has 1 unspecified atom stereocenters.